The molecule has 0 unspecified atom stereocenters. The summed E-state index contributed by atoms with van der Waals surface area (Å²) in [6.07, 6.45) is 0. The van der Waals surface area contributed by atoms with Gasteiger partial charge in [0.2, 0.25) is 5.95 Å². The number of hydrogen-bond donors (Lipinski definition) is 0. The summed E-state index contributed by atoms with van der Waals surface area (Å²) in [6, 6.07) is 99.0. The fourth-order valence-electron chi connectivity index (χ4n) is 14.2. The molecule has 1 aliphatic carbocycles. The van der Waals surface area contributed by atoms with Gasteiger partial charge in [-0.2, -0.15) is 0 Å². The molecule has 0 spiro atoms. The Kier molecular flexibility index (Phi) is 10.0. The topological polar surface area (TPSA) is 53.7 Å². The van der Waals surface area contributed by atoms with Crippen molar-refractivity contribution < 1.29 is 4.42 Å². The molecule has 17 aromatic rings. The number of furan rings is 1. The first-order chi connectivity index (χ1) is 41.9. The summed E-state index contributed by atoms with van der Waals surface area (Å²) in [7, 11) is 0. The number of fused-ring (bicyclic) bond motifs is 16. The van der Waals surface area contributed by atoms with Crippen LogP contribution in [0.1, 0.15) is 25.0 Å². The van der Waals surface area contributed by atoms with Crippen molar-refractivity contribution in [3.63, 3.8) is 0 Å². The van der Waals surface area contributed by atoms with Crippen LogP contribution in [-0.4, -0.2) is 23.7 Å². The highest BCUT2D eigenvalue weighted by Gasteiger charge is 2.36. The Labute approximate surface area is 489 Å². The largest absolute Gasteiger partial charge is 0.454 e. The van der Waals surface area contributed by atoms with Crippen LogP contribution in [0.15, 0.2) is 277 Å². The summed E-state index contributed by atoms with van der Waals surface area (Å²) in [5.41, 5.74) is 24.1. The minimum Gasteiger partial charge on any atom is -0.454 e. The Bertz CT molecular complexity index is 5550. The molecule has 85 heavy (non-hydrogen) atoms. The van der Waals surface area contributed by atoms with Gasteiger partial charge in [-0.3, -0.25) is 4.57 Å². The van der Waals surface area contributed by atoms with E-state index in [0.717, 1.165) is 116 Å². The summed E-state index contributed by atoms with van der Waals surface area (Å²) in [6.45, 7) is 4.74. The zero-order valence-electron chi connectivity index (χ0n) is 46.6. The summed E-state index contributed by atoms with van der Waals surface area (Å²) in [5, 5.41) is 9.21. The van der Waals surface area contributed by atoms with Crippen LogP contribution in [0.2, 0.25) is 0 Å². The molecule has 18 rings (SSSR count). The van der Waals surface area contributed by atoms with Gasteiger partial charge in [0.15, 0.2) is 5.58 Å². The molecule has 6 nitrogen and oxygen atoms in total. The van der Waals surface area contributed by atoms with E-state index >= 15 is 0 Å². The minimum absolute atomic E-state index is 0.195. The van der Waals surface area contributed by atoms with Crippen molar-refractivity contribution in [2.24, 2.45) is 0 Å². The molecule has 5 aromatic heterocycles. The van der Waals surface area contributed by atoms with Gasteiger partial charge in [-0.25, -0.2) is 9.97 Å². The number of nitrogens with zero attached hydrogens (tertiary/aromatic N) is 5. The molecule has 0 N–H and O–H groups in total. The van der Waals surface area contributed by atoms with Gasteiger partial charge < -0.3 is 13.6 Å². The Morgan fingerprint density at radius 2 is 0.753 bits per heavy atom. The molecular formula is C79H51N5O. The van der Waals surface area contributed by atoms with Gasteiger partial charge in [-0.15, -0.1) is 0 Å². The standard InChI is InChI=1S/C79H51N5O/c1-79(2)66-37-31-50(52-33-39-71-62(43-52)58-35-36-59-57-28-16-18-30-75(57)85-77(59)76(58)83(71)55-25-13-6-14-26-55)41-60(66)61-42-51(32-38-67(61)79)53-34-40-72-63(44-53)65-46-73-64(56-27-15-17-29-70(56)82(73)54-23-11-5-12-24-54)45-74(65)84(72)78-80-68(48-19-7-3-8-20-48)47-69(81-78)49-21-9-4-10-22-49/h3-47H,1-2H3. The predicted octanol–water partition coefficient (Wildman–Crippen LogP) is 20.6. The Balaban J connectivity index is 0.819. The third-order valence-corrected chi connectivity index (χ3v) is 18.3. The number of benzene rings is 12. The zero-order chi connectivity index (χ0) is 56.1. The first kappa shape index (κ1) is 47.5. The number of aromatic nitrogens is 5. The molecule has 0 radical (unpaired) electrons. The smallest absolute Gasteiger partial charge is 0.235 e. The molecule has 0 atom stereocenters. The van der Waals surface area contributed by atoms with Crippen molar-refractivity contribution in [1.82, 2.24) is 23.7 Å². The van der Waals surface area contributed by atoms with Crippen molar-refractivity contribution in [3.8, 4) is 73.2 Å². The second-order valence-corrected chi connectivity index (χ2v) is 23.3. The zero-order valence-corrected chi connectivity index (χ0v) is 46.6. The minimum atomic E-state index is -0.195. The van der Waals surface area contributed by atoms with Crippen molar-refractivity contribution in [2.45, 2.75) is 19.3 Å². The van der Waals surface area contributed by atoms with Crippen LogP contribution >= 0.6 is 0 Å². The van der Waals surface area contributed by atoms with Gasteiger partial charge in [-0.1, -0.05) is 190 Å². The second kappa shape index (κ2) is 18.0. The summed E-state index contributed by atoms with van der Waals surface area (Å²) < 4.78 is 13.8. The maximum Gasteiger partial charge on any atom is 0.235 e. The van der Waals surface area contributed by atoms with Crippen LogP contribution in [0.3, 0.4) is 0 Å². The highest BCUT2D eigenvalue weighted by molar-refractivity contribution is 6.22. The van der Waals surface area contributed by atoms with Crippen molar-refractivity contribution >= 4 is 87.4 Å². The van der Waals surface area contributed by atoms with E-state index in [1.165, 1.54) is 49.5 Å². The normalized spacial score (nSPS) is 12.9. The molecule has 0 aliphatic heterocycles. The lowest BCUT2D eigenvalue weighted by atomic mass is 9.82. The lowest BCUT2D eigenvalue weighted by molar-refractivity contribution is 0.660. The maximum atomic E-state index is 6.73. The molecule has 0 fully saturated rings. The van der Waals surface area contributed by atoms with Crippen LogP contribution in [0.5, 0.6) is 0 Å². The third kappa shape index (κ3) is 7.06. The van der Waals surface area contributed by atoms with Gasteiger partial charge in [0.25, 0.3) is 0 Å². The lowest BCUT2D eigenvalue weighted by Crippen LogP contribution is -2.14. The van der Waals surface area contributed by atoms with E-state index in [1.807, 2.05) is 6.07 Å². The van der Waals surface area contributed by atoms with Gasteiger partial charge in [-0.05, 0) is 142 Å². The van der Waals surface area contributed by atoms with Gasteiger partial charge in [0.05, 0.1) is 44.5 Å². The fourth-order valence-corrected chi connectivity index (χ4v) is 14.2. The number of rotatable bonds is 7. The number of hydrogen-bond acceptors (Lipinski definition) is 3. The van der Waals surface area contributed by atoms with Crippen LogP contribution in [-0.2, 0) is 5.41 Å². The van der Waals surface area contributed by atoms with Crippen LogP contribution in [0.4, 0.5) is 0 Å². The van der Waals surface area contributed by atoms with Crippen LogP contribution < -0.4 is 0 Å². The molecule has 0 bridgehead atoms. The summed E-state index contributed by atoms with van der Waals surface area (Å²) in [5.74, 6) is 0.621. The Morgan fingerprint density at radius 3 is 1.38 bits per heavy atom. The van der Waals surface area contributed by atoms with Crippen molar-refractivity contribution in [3.05, 3.63) is 284 Å². The lowest BCUT2D eigenvalue weighted by Gasteiger charge is -2.21. The molecule has 0 saturated heterocycles. The first-order valence-corrected chi connectivity index (χ1v) is 29.2. The molecule has 398 valence electrons. The molecule has 5 heterocycles. The maximum absolute atomic E-state index is 6.73. The summed E-state index contributed by atoms with van der Waals surface area (Å²) in [4.78, 5) is 10.9. The van der Waals surface area contributed by atoms with Gasteiger partial charge >= 0.3 is 0 Å². The second-order valence-electron chi connectivity index (χ2n) is 23.3. The highest BCUT2D eigenvalue weighted by atomic mass is 16.3. The number of para-hydroxylation sites is 4. The monoisotopic (exact) mass is 1090 g/mol. The van der Waals surface area contributed by atoms with E-state index < -0.39 is 0 Å². The van der Waals surface area contributed by atoms with Crippen LogP contribution in [0, 0.1) is 0 Å². The Hall–Kier alpha value is -11.1. The molecule has 0 saturated carbocycles. The van der Waals surface area contributed by atoms with Crippen molar-refractivity contribution in [2.75, 3.05) is 0 Å². The van der Waals surface area contributed by atoms with E-state index in [4.69, 9.17) is 14.4 Å². The molecule has 1 aliphatic rings. The highest BCUT2D eigenvalue weighted by Crippen LogP contribution is 2.52. The quantitative estimate of drug-likeness (QED) is 0.160. The van der Waals surface area contributed by atoms with E-state index in [0.29, 0.717) is 5.95 Å². The third-order valence-electron chi connectivity index (χ3n) is 18.3. The SMILES string of the molecule is CC1(C)c2ccc(-c3ccc4c(c3)c3cc5c(cc3n4-c3nc(-c4ccccc4)cc(-c4ccccc4)n3)c3ccccc3n5-c3ccccc3)cc2-c2cc(-c3ccc4c(c3)c3ccc5c6ccccc6oc5c3n4-c3ccccc3)ccc21. The van der Waals surface area contributed by atoms with Crippen molar-refractivity contribution in [1.29, 1.82) is 0 Å². The molecule has 0 amide bonds. The van der Waals surface area contributed by atoms with E-state index in [-0.39, 0.29) is 5.41 Å². The van der Waals surface area contributed by atoms with Crippen LogP contribution in [0.25, 0.3) is 161 Å². The average Bonchev–Trinajstić information content (AvgIpc) is 1.83. The van der Waals surface area contributed by atoms with Gasteiger partial charge in [0, 0.05) is 71.0 Å². The van der Waals surface area contributed by atoms with E-state index in [9.17, 15) is 0 Å². The van der Waals surface area contributed by atoms with E-state index in [2.05, 4.69) is 294 Å². The fraction of sp³-hybridized carbons (Fsp3) is 0.0380. The average molecular weight is 1090 g/mol. The first-order valence-electron chi connectivity index (χ1n) is 29.2. The predicted molar refractivity (Wildman–Crippen MR) is 352 cm³/mol. The summed E-state index contributed by atoms with van der Waals surface area (Å²) >= 11 is 0. The molecular weight excluding hydrogens is 1030 g/mol. The molecule has 6 heteroatoms. The van der Waals surface area contributed by atoms with Gasteiger partial charge in [0.1, 0.15) is 5.58 Å². The van der Waals surface area contributed by atoms with E-state index in [1.54, 1.807) is 0 Å². The molecule has 12 aromatic carbocycles. The Morgan fingerprint density at radius 1 is 0.306 bits per heavy atom.